The number of aryl methyl sites for hydroxylation is 3. The smallest absolute Gasteiger partial charge is 0.262 e. The molecule has 1 atom stereocenters. The maximum atomic E-state index is 13.5. The molecule has 0 amide bonds. The van der Waals surface area contributed by atoms with E-state index in [2.05, 4.69) is 22.4 Å². The van der Waals surface area contributed by atoms with Crippen LogP contribution in [-0.2, 0) is 32.4 Å². The molecule has 5 rings (SSSR count). The average Bonchev–Trinajstić information content (AvgIpc) is 3.21. The van der Waals surface area contributed by atoms with Crippen molar-refractivity contribution in [2.45, 2.75) is 51.2 Å². The largest absolute Gasteiger partial charge is 0.310 e. The van der Waals surface area contributed by atoms with Gasteiger partial charge in [-0.1, -0.05) is 30.3 Å². The van der Waals surface area contributed by atoms with E-state index < -0.39 is 17.5 Å². The van der Waals surface area contributed by atoms with Gasteiger partial charge in [0.05, 0.1) is 11.7 Å². The number of fused-ring (bicyclic) bond motifs is 3. The van der Waals surface area contributed by atoms with Gasteiger partial charge in [-0.05, 0) is 60.9 Å². The summed E-state index contributed by atoms with van der Waals surface area (Å²) < 4.78 is 41.8. The minimum absolute atomic E-state index is 0.0132. The highest BCUT2D eigenvalue weighted by molar-refractivity contribution is 7.18. The molecule has 0 saturated carbocycles. The molecule has 0 fully saturated rings. The molecule has 34 heavy (non-hydrogen) atoms. The van der Waals surface area contributed by atoms with Crippen LogP contribution in [0.5, 0.6) is 0 Å². The third kappa shape index (κ3) is 4.65. The molecule has 0 unspecified atom stereocenters. The van der Waals surface area contributed by atoms with E-state index in [9.17, 15) is 18.0 Å². The Morgan fingerprint density at radius 2 is 1.85 bits per heavy atom. The van der Waals surface area contributed by atoms with E-state index in [1.54, 1.807) is 22.2 Å². The van der Waals surface area contributed by atoms with Crippen molar-refractivity contribution in [3.05, 3.63) is 98.2 Å². The fourth-order valence-corrected chi connectivity index (χ4v) is 5.86. The van der Waals surface area contributed by atoms with Crippen LogP contribution in [0, 0.1) is 17.5 Å². The number of hydrogen-bond donors (Lipinski definition) is 1. The number of hydrogen-bond acceptors (Lipinski definition) is 4. The molecule has 2 aromatic carbocycles. The lowest BCUT2D eigenvalue weighted by Gasteiger charge is -2.23. The van der Waals surface area contributed by atoms with Crippen molar-refractivity contribution in [3.8, 4) is 0 Å². The highest BCUT2D eigenvalue weighted by atomic mass is 32.1. The second-order valence-corrected chi connectivity index (χ2v) is 9.79. The van der Waals surface area contributed by atoms with Crippen molar-refractivity contribution >= 4 is 21.6 Å². The molecule has 4 nitrogen and oxygen atoms in total. The van der Waals surface area contributed by atoms with Crippen LogP contribution in [-0.4, -0.2) is 15.6 Å². The first-order valence-corrected chi connectivity index (χ1v) is 12.2. The van der Waals surface area contributed by atoms with E-state index in [4.69, 9.17) is 0 Å². The highest BCUT2D eigenvalue weighted by Gasteiger charge is 2.25. The van der Waals surface area contributed by atoms with Crippen molar-refractivity contribution in [2.24, 2.45) is 0 Å². The summed E-state index contributed by atoms with van der Waals surface area (Å²) in [6.45, 7) is 0.863. The van der Waals surface area contributed by atoms with Gasteiger partial charge in [-0.25, -0.2) is 18.2 Å². The quantitative estimate of drug-likeness (QED) is 0.370. The van der Waals surface area contributed by atoms with Crippen molar-refractivity contribution in [3.63, 3.8) is 0 Å². The number of benzene rings is 2. The minimum atomic E-state index is -1.45. The number of halogens is 3. The summed E-state index contributed by atoms with van der Waals surface area (Å²) in [6, 6.07) is 12.3. The van der Waals surface area contributed by atoms with Crippen LogP contribution in [0.15, 0.2) is 53.6 Å². The topological polar surface area (TPSA) is 46.9 Å². The Kier molecular flexibility index (Phi) is 6.52. The predicted molar refractivity (Wildman–Crippen MR) is 128 cm³/mol. The average molecular weight is 484 g/mol. The first kappa shape index (κ1) is 22.8. The first-order valence-electron chi connectivity index (χ1n) is 11.4. The van der Waals surface area contributed by atoms with Crippen LogP contribution in [0.2, 0.25) is 0 Å². The van der Waals surface area contributed by atoms with Gasteiger partial charge in [0.2, 0.25) is 0 Å². The van der Waals surface area contributed by atoms with E-state index in [-0.39, 0.29) is 18.1 Å². The van der Waals surface area contributed by atoms with Gasteiger partial charge in [0.25, 0.3) is 5.56 Å². The molecule has 1 aliphatic carbocycles. The molecular weight excluding hydrogens is 459 g/mol. The molecule has 2 aromatic heterocycles. The molecule has 0 spiro atoms. The summed E-state index contributed by atoms with van der Waals surface area (Å²) in [6.07, 6.45) is 5.67. The highest BCUT2D eigenvalue weighted by Crippen LogP contribution is 2.33. The summed E-state index contributed by atoms with van der Waals surface area (Å²) >= 11 is 1.54. The van der Waals surface area contributed by atoms with E-state index in [0.29, 0.717) is 12.1 Å². The van der Waals surface area contributed by atoms with Crippen LogP contribution in [0.3, 0.4) is 0 Å². The standard InChI is InChI=1S/C26H24F3N3OS/c27-20-11-17(12-21(28)24(20)29)14-30-18-8-9-19-22(13-18)34-25-23(19)26(33)32(15-31-25)10-4-7-16-5-2-1-3-6-16/h1-3,5-6,11-12,15,18,30H,4,7-10,13-14H2/t18-/m1/s1. The zero-order valence-electron chi connectivity index (χ0n) is 18.5. The summed E-state index contributed by atoms with van der Waals surface area (Å²) in [5.74, 6) is -3.81. The minimum Gasteiger partial charge on any atom is -0.310 e. The predicted octanol–water partition coefficient (Wildman–Crippen LogP) is 5.16. The van der Waals surface area contributed by atoms with Gasteiger partial charge in [0.15, 0.2) is 17.5 Å². The molecule has 176 valence electrons. The Labute approximate surface area is 199 Å². The normalized spacial score (nSPS) is 15.6. The summed E-state index contributed by atoms with van der Waals surface area (Å²) in [7, 11) is 0. The molecular formula is C26H24F3N3OS. The van der Waals surface area contributed by atoms with Gasteiger partial charge in [0, 0.05) is 24.0 Å². The lowest BCUT2D eigenvalue weighted by atomic mass is 9.93. The van der Waals surface area contributed by atoms with Crippen LogP contribution in [0.1, 0.15) is 34.4 Å². The first-order chi connectivity index (χ1) is 16.5. The van der Waals surface area contributed by atoms with Crippen molar-refractivity contribution in [1.82, 2.24) is 14.9 Å². The van der Waals surface area contributed by atoms with E-state index in [1.165, 1.54) is 5.56 Å². The van der Waals surface area contributed by atoms with Gasteiger partial charge in [-0.3, -0.25) is 9.36 Å². The molecule has 0 bridgehead atoms. The maximum absolute atomic E-state index is 13.5. The number of nitrogens with zero attached hydrogens (tertiary/aromatic N) is 2. The zero-order chi connectivity index (χ0) is 23.7. The zero-order valence-corrected chi connectivity index (χ0v) is 19.3. The maximum Gasteiger partial charge on any atom is 0.262 e. The van der Waals surface area contributed by atoms with E-state index >= 15 is 0 Å². The third-order valence-corrected chi connectivity index (χ3v) is 7.54. The third-order valence-electron chi connectivity index (χ3n) is 6.38. The van der Waals surface area contributed by atoms with Gasteiger partial charge in [-0.2, -0.15) is 0 Å². The molecule has 8 heteroatoms. The second-order valence-electron chi connectivity index (χ2n) is 8.71. The van der Waals surface area contributed by atoms with Gasteiger partial charge < -0.3 is 5.32 Å². The fourth-order valence-electron chi connectivity index (χ4n) is 4.61. The Bertz CT molecular complexity index is 1360. The van der Waals surface area contributed by atoms with Crippen LogP contribution in [0.25, 0.3) is 10.2 Å². The molecule has 1 aliphatic rings. The molecule has 0 aliphatic heterocycles. The Morgan fingerprint density at radius 1 is 1.09 bits per heavy atom. The molecule has 2 heterocycles. The van der Waals surface area contributed by atoms with Crippen LogP contribution >= 0.6 is 11.3 Å². The molecule has 4 aromatic rings. The van der Waals surface area contributed by atoms with Gasteiger partial charge >= 0.3 is 0 Å². The van der Waals surface area contributed by atoms with E-state index in [0.717, 1.165) is 64.9 Å². The summed E-state index contributed by atoms with van der Waals surface area (Å²) in [5.41, 5.74) is 2.70. The van der Waals surface area contributed by atoms with Crippen LogP contribution < -0.4 is 10.9 Å². The number of aromatic nitrogens is 2. The molecule has 1 N–H and O–H groups in total. The fraction of sp³-hybridized carbons (Fsp3) is 0.308. The lowest BCUT2D eigenvalue weighted by Crippen LogP contribution is -2.34. The Balaban J connectivity index is 1.27. The monoisotopic (exact) mass is 483 g/mol. The van der Waals surface area contributed by atoms with Gasteiger partial charge in [0.1, 0.15) is 4.83 Å². The van der Waals surface area contributed by atoms with Crippen molar-refractivity contribution < 1.29 is 13.2 Å². The van der Waals surface area contributed by atoms with Crippen molar-refractivity contribution in [1.29, 1.82) is 0 Å². The molecule has 0 radical (unpaired) electrons. The van der Waals surface area contributed by atoms with Gasteiger partial charge in [-0.15, -0.1) is 11.3 Å². The van der Waals surface area contributed by atoms with Crippen molar-refractivity contribution in [2.75, 3.05) is 0 Å². The lowest BCUT2D eigenvalue weighted by molar-refractivity contribution is 0.437. The summed E-state index contributed by atoms with van der Waals surface area (Å²) in [5, 5.41) is 4.04. The SMILES string of the molecule is O=c1c2c3c(sc2ncn1CCCc1ccccc1)C[C@H](NCc1cc(F)c(F)c(F)c1)CC3. The Hall–Kier alpha value is -2.97. The van der Waals surface area contributed by atoms with Crippen LogP contribution in [0.4, 0.5) is 13.2 Å². The van der Waals surface area contributed by atoms with E-state index in [1.807, 2.05) is 18.2 Å². The summed E-state index contributed by atoms with van der Waals surface area (Å²) in [4.78, 5) is 19.6. The Morgan fingerprint density at radius 3 is 2.62 bits per heavy atom. The molecule has 0 saturated heterocycles. The number of rotatable bonds is 7. The number of nitrogens with one attached hydrogen (secondary N) is 1. The number of thiophene rings is 1. The second kappa shape index (κ2) is 9.72.